The van der Waals surface area contributed by atoms with E-state index in [4.69, 9.17) is 22.9 Å². The van der Waals surface area contributed by atoms with E-state index in [1.807, 2.05) is 5.32 Å². The highest BCUT2D eigenvalue weighted by molar-refractivity contribution is 5.98. The molecule has 0 heterocycles. The third-order valence-corrected chi connectivity index (χ3v) is 8.12. The number of nitrogens with two attached hydrogens (primary N) is 4. The molecular formula is C31H54N10O11. The molecule has 0 aromatic heterocycles. The minimum absolute atomic E-state index is 0.179. The maximum Gasteiger partial charge on any atom is 0.326 e. The fourth-order valence-corrected chi connectivity index (χ4v) is 4.51. The van der Waals surface area contributed by atoms with E-state index >= 15 is 0 Å². The summed E-state index contributed by atoms with van der Waals surface area (Å²) < 4.78 is 0. The topological polar surface area (TPSA) is 367 Å². The Hall–Kier alpha value is -5.34. The fraction of sp³-hybridized carbons (Fsp3) is 0.677. The molecule has 294 valence electrons. The van der Waals surface area contributed by atoms with Gasteiger partial charge in [0.25, 0.3) is 0 Å². The monoisotopic (exact) mass is 742 g/mol. The Balaban J connectivity index is 6.05. The maximum atomic E-state index is 13.7. The number of hydrogen-bond donors (Lipinski definition) is 11. The summed E-state index contributed by atoms with van der Waals surface area (Å²) in [5, 5.41) is 23.5. The van der Waals surface area contributed by atoms with Gasteiger partial charge in [-0.15, -0.1) is 0 Å². The van der Waals surface area contributed by atoms with Crippen LogP contribution in [0.3, 0.4) is 0 Å². The molecule has 0 aliphatic carbocycles. The highest BCUT2D eigenvalue weighted by atomic mass is 16.4. The molecule has 0 aliphatic heterocycles. The number of amides is 9. The van der Waals surface area contributed by atoms with E-state index in [1.54, 1.807) is 27.7 Å². The van der Waals surface area contributed by atoms with Crippen LogP contribution in [0.15, 0.2) is 0 Å². The normalized spacial score (nSPS) is 16.1. The van der Waals surface area contributed by atoms with Gasteiger partial charge in [0.15, 0.2) is 0 Å². The lowest BCUT2D eigenvalue weighted by Crippen LogP contribution is -2.61. The summed E-state index contributed by atoms with van der Waals surface area (Å²) in [7, 11) is 0. The van der Waals surface area contributed by atoms with Gasteiger partial charge in [0, 0.05) is 6.42 Å². The number of hydrogen-bond acceptors (Lipinski definition) is 11. The van der Waals surface area contributed by atoms with Crippen LogP contribution in [0.4, 0.5) is 0 Å². The van der Waals surface area contributed by atoms with Gasteiger partial charge in [0.2, 0.25) is 53.2 Å². The van der Waals surface area contributed by atoms with Crippen molar-refractivity contribution in [3.8, 4) is 0 Å². The molecular weight excluding hydrogens is 688 g/mol. The average Bonchev–Trinajstić information content (AvgIpc) is 3.05. The molecule has 9 atom stereocenters. The molecule has 0 fully saturated rings. The van der Waals surface area contributed by atoms with Gasteiger partial charge < -0.3 is 59.9 Å². The van der Waals surface area contributed by atoms with Crippen LogP contribution in [-0.4, -0.2) is 107 Å². The predicted molar refractivity (Wildman–Crippen MR) is 184 cm³/mol. The minimum atomic E-state index is -1.77. The molecule has 0 unspecified atom stereocenters. The van der Waals surface area contributed by atoms with Crippen molar-refractivity contribution in [3.05, 3.63) is 0 Å². The molecule has 0 aromatic rings. The van der Waals surface area contributed by atoms with Crippen molar-refractivity contribution in [2.75, 3.05) is 0 Å². The first-order chi connectivity index (χ1) is 24.0. The molecule has 0 saturated heterocycles. The molecule has 21 heteroatoms. The summed E-state index contributed by atoms with van der Waals surface area (Å²) in [5.74, 6) is -10.7. The van der Waals surface area contributed by atoms with Crippen LogP contribution < -0.4 is 54.8 Å². The zero-order valence-corrected chi connectivity index (χ0v) is 30.3. The largest absolute Gasteiger partial charge is 0.480 e. The molecule has 52 heavy (non-hydrogen) atoms. The summed E-state index contributed by atoms with van der Waals surface area (Å²) in [6, 6.07) is -9.59. The average molecular weight is 743 g/mol. The van der Waals surface area contributed by atoms with Gasteiger partial charge in [0.05, 0.1) is 18.9 Å². The van der Waals surface area contributed by atoms with Gasteiger partial charge in [-0.2, -0.15) is 0 Å². The number of rotatable bonds is 24. The second-order valence-electron chi connectivity index (χ2n) is 12.6. The molecule has 0 aliphatic rings. The molecule has 0 aromatic carbocycles. The lowest BCUT2D eigenvalue weighted by atomic mass is 9.94. The molecule has 0 spiro atoms. The Morgan fingerprint density at radius 2 is 0.923 bits per heavy atom. The van der Waals surface area contributed by atoms with E-state index in [9.17, 15) is 53.1 Å². The first-order valence-electron chi connectivity index (χ1n) is 16.7. The first kappa shape index (κ1) is 46.7. The van der Waals surface area contributed by atoms with Gasteiger partial charge in [0.1, 0.15) is 36.3 Å². The number of nitrogens with one attached hydrogen (secondary N) is 6. The van der Waals surface area contributed by atoms with E-state index in [-0.39, 0.29) is 12.8 Å². The molecule has 9 amide bonds. The molecule has 0 radical (unpaired) electrons. The van der Waals surface area contributed by atoms with Crippen molar-refractivity contribution >= 4 is 59.1 Å². The number of primary amides is 3. The third kappa shape index (κ3) is 16.6. The number of carboxylic acids is 1. The summed E-state index contributed by atoms with van der Waals surface area (Å²) in [6.45, 7) is 9.43. The summed E-state index contributed by atoms with van der Waals surface area (Å²) in [5.41, 5.74) is 21.0. The smallest absolute Gasteiger partial charge is 0.326 e. The fourth-order valence-electron chi connectivity index (χ4n) is 4.51. The van der Waals surface area contributed by atoms with E-state index < -0.39 is 126 Å². The highest BCUT2D eigenvalue weighted by Crippen LogP contribution is 2.13. The van der Waals surface area contributed by atoms with Crippen LogP contribution in [0.1, 0.15) is 80.1 Å². The second kappa shape index (κ2) is 22.5. The molecule has 0 bridgehead atoms. The van der Waals surface area contributed by atoms with Crippen LogP contribution in [0.25, 0.3) is 0 Å². The van der Waals surface area contributed by atoms with Crippen molar-refractivity contribution in [1.29, 1.82) is 0 Å². The highest BCUT2D eigenvalue weighted by Gasteiger charge is 2.36. The van der Waals surface area contributed by atoms with E-state index in [0.717, 1.165) is 0 Å². The quantitative estimate of drug-likeness (QED) is 0.0445. The van der Waals surface area contributed by atoms with Crippen LogP contribution in [-0.2, 0) is 47.9 Å². The van der Waals surface area contributed by atoms with Crippen LogP contribution in [0.5, 0.6) is 0 Å². The zero-order valence-electron chi connectivity index (χ0n) is 30.3. The lowest BCUT2D eigenvalue weighted by Gasteiger charge is -2.30. The Kier molecular flexibility index (Phi) is 20.2. The van der Waals surface area contributed by atoms with Crippen LogP contribution >= 0.6 is 0 Å². The summed E-state index contributed by atoms with van der Waals surface area (Å²) in [4.78, 5) is 124. The Morgan fingerprint density at radius 1 is 0.519 bits per heavy atom. The number of carboxylic acid groups (broad SMARTS) is 1. The minimum Gasteiger partial charge on any atom is -0.480 e. The second-order valence-corrected chi connectivity index (χ2v) is 12.6. The molecule has 0 rings (SSSR count). The molecule has 0 saturated carbocycles. The zero-order chi connectivity index (χ0) is 40.5. The number of carbonyl (C=O) groups excluding carboxylic acids is 9. The Morgan fingerprint density at radius 3 is 1.35 bits per heavy atom. The SMILES string of the molecule is CC[C@H](C)[C@H](NC(=O)[C@H](CCC(N)=O)NC(=O)[C@H](C)N)C(=O)N[C@H](C(=O)N[C@@H](C)C(=O)N[C@@H](CC(N)=O)C(=O)N[C@@H](CC(N)=O)C(=O)O)[C@@H](C)CC. The predicted octanol–water partition coefficient (Wildman–Crippen LogP) is -4.54. The Labute approximate surface area is 301 Å². The van der Waals surface area contributed by atoms with Crippen LogP contribution in [0, 0.1) is 11.8 Å². The van der Waals surface area contributed by atoms with E-state index in [0.29, 0.717) is 12.8 Å². The van der Waals surface area contributed by atoms with Gasteiger partial charge in [-0.1, -0.05) is 40.5 Å². The van der Waals surface area contributed by atoms with Gasteiger partial charge in [-0.25, -0.2) is 4.79 Å². The van der Waals surface area contributed by atoms with Crippen molar-refractivity contribution in [1.82, 2.24) is 31.9 Å². The van der Waals surface area contributed by atoms with Gasteiger partial charge in [-0.3, -0.25) is 43.2 Å². The molecule has 15 N–H and O–H groups in total. The van der Waals surface area contributed by atoms with Crippen molar-refractivity contribution in [2.24, 2.45) is 34.8 Å². The maximum absolute atomic E-state index is 13.7. The van der Waals surface area contributed by atoms with Gasteiger partial charge in [-0.05, 0) is 32.1 Å². The molecule has 21 nitrogen and oxygen atoms in total. The lowest BCUT2D eigenvalue weighted by molar-refractivity contribution is -0.144. The number of carbonyl (C=O) groups is 10. The van der Waals surface area contributed by atoms with Crippen LogP contribution in [0.2, 0.25) is 0 Å². The standard InChI is InChI=1S/C31H54N10O11/c1-7-13(3)23(41-30(50)24(14(4)8-2)40-27(47)17(9-10-20(33)42)37-25(45)15(5)32)29(49)36-16(6)26(46)38-18(11-21(34)43)28(48)39-19(31(51)52)12-22(35)44/h13-19,23-24H,7-12,32H2,1-6H3,(H2,33,42)(H2,34,43)(H2,35,44)(H,36,49)(H,37,45)(H,38,46)(H,39,48)(H,40,47)(H,41,50)(H,51,52)/t13-,14-,15-,16-,17-,18-,19-,23-,24-/m0/s1. The Bertz CT molecular complexity index is 1340. The first-order valence-corrected chi connectivity index (χ1v) is 16.7. The third-order valence-electron chi connectivity index (χ3n) is 8.12. The van der Waals surface area contributed by atoms with E-state index in [2.05, 4.69) is 26.6 Å². The number of aliphatic carboxylic acids is 1. The summed E-state index contributed by atoms with van der Waals surface area (Å²) >= 11 is 0. The van der Waals surface area contributed by atoms with Crippen molar-refractivity contribution in [3.63, 3.8) is 0 Å². The van der Waals surface area contributed by atoms with Gasteiger partial charge >= 0.3 is 5.97 Å². The van der Waals surface area contributed by atoms with E-state index in [1.165, 1.54) is 13.8 Å². The summed E-state index contributed by atoms with van der Waals surface area (Å²) in [6.07, 6.45) is -1.23. The van der Waals surface area contributed by atoms with Crippen molar-refractivity contribution < 1.29 is 53.1 Å². The van der Waals surface area contributed by atoms with Crippen molar-refractivity contribution in [2.45, 2.75) is 122 Å².